The Hall–Kier alpha value is -2.69. The molecule has 1 atom stereocenters. The van der Waals surface area contributed by atoms with E-state index < -0.39 is 6.09 Å². The van der Waals surface area contributed by atoms with Crippen LogP contribution in [0, 0.1) is 12.7 Å². The fourth-order valence-corrected chi connectivity index (χ4v) is 3.92. The molecular formula is C25H30FNO3. The number of hydrogen-bond donors (Lipinski definition) is 0. The lowest BCUT2D eigenvalue weighted by molar-refractivity contribution is -0.129. The van der Waals surface area contributed by atoms with Gasteiger partial charge in [0.1, 0.15) is 12.4 Å². The molecule has 0 N–H and O–H groups in total. The Balaban J connectivity index is 1.34. The van der Waals surface area contributed by atoms with Gasteiger partial charge in [-0.15, -0.1) is 0 Å². The zero-order chi connectivity index (χ0) is 21.3. The summed E-state index contributed by atoms with van der Waals surface area (Å²) >= 11 is 0. The number of imide groups is 1. The van der Waals surface area contributed by atoms with E-state index in [9.17, 15) is 14.0 Å². The minimum atomic E-state index is -0.518. The van der Waals surface area contributed by atoms with Crippen LogP contribution in [0.25, 0.3) is 0 Å². The van der Waals surface area contributed by atoms with Gasteiger partial charge in [-0.05, 0) is 55.4 Å². The van der Waals surface area contributed by atoms with Gasteiger partial charge in [-0.2, -0.15) is 0 Å². The Kier molecular flexibility index (Phi) is 8.00. The van der Waals surface area contributed by atoms with Gasteiger partial charge in [0.2, 0.25) is 5.91 Å². The second kappa shape index (κ2) is 10.9. The molecule has 2 amide bonds. The number of unbranched alkanes of at least 4 members (excludes halogenated alkanes) is 4. The molecule has 5 heteroatoms. The summed E-state index contributed by atoms with van der Waals surface area (Å²) in [4.78, 5) is 25.9. The predicted molar refractivity (Wildman–Crippen MR) is 115 cm³/mol. The number of hydrogen-bond acceptors (Lipinski definition) is 3. The zero-order valence-corrected chi connectivity index (χ0v) is 17.6. The third-order valence-corrected chi connectivity index (χ3v) is 5.62. The first-order valence-corrected chi connectivity index (χ1v) is 10.8. The number of benzene rings is 2. The largest absolute Gasteiger partial charge is 0.447 e. The van der Waals surface area contributed by atoms with E-state index in [1.165, 1.54) is 16.5 Å². The highest BCUT2D eigenvalue weighted by molar-refractivity contribution is 5.93. The van der Waals surface area contributed by atoms with Crippen molar-refractivity contribution in [1.29, 1.82) is 0 Å². The van der Waals surface area contributed by atoms with Gasteiger partial charge in [0.05, 0.1) is 6.04 Å². The molecule has 1 aliphatic rings. The fourth-order valence-electron chi connectivity index (χ4n) is 3.92. The van der Waals surface area contributed by atoms with Gasteiger partial charge in [-0.1, -0.05) is 61.7 Å². The van der Waals surface area contributed by atoms with Crippen LogP contribution in [0.15, 0.2) is 48.5 Å². The third-order valence-electron chi connectivity index (χ3n) is 5.62. The van der Waals surface area contributed by atoms with E-state index in [-0.39, 0.29) is 24.4 Å². The molecule has 1 aliphatic heterocycles. The lowest BCUT2D eigenvalue weighted by Gasteiger charge is -2.19. The van der Waals surface area contributed by atoms with Gasteiger partial charge in [0.15, 0.2) is 0 Å². The minimum absolute atomic E-state index is 0.139. The van der Waals surface area contributed by atoms with E-state index in [2.05, 4.69) is 0 Å². The van der Waals surface area contributed by atoms with Gasteiger partial charge in [-0.3, -0.25) is 4.79 Å². The number of aryl methyl sites for hydroxylation is 2. The summed E-state index contributed by atoms with van der Waals surface area (Å²) in [5, 5.41) is 0. The van der Waals surface area contributed by atoms with Crippen LogP contribution in [0.2, 0.25) is 0 Å². The normalized spacial score (nSPS) is 16.0. The molecule has 0 aromatic heterocycles. The summed E-state index contributed by atoms with van der Waals surface area (Å²) in [7, 11) is 0. The third kappa shape index (κ3) is 6.15. The summed E-state index contributed by atoms with van der Waals surface area (Å²) in [5.41, 5.74) is 2.95. The number of carbonyl (C=O) groups excluding carboxylic acids is 2. The van der Waals surface area contributed by atoms with Crippen molar-refractivity contribution in [3.05, 3.63) is 71.0 Å². The maximum absolute atomic E-state index is 13.3. The highest BCUT2D eigenvalue weighted by Crippen LogP contribution is 2.20. The molecule has 30 heavy (non-hydrogen) atoms. The molecule has 1 fully saturated rings. The van der Waals surface area contributed by atoms with Crippen LogP contribution in [-0.4, -0.2) is 29.5 Å². The summed E-state index contributed by atoms with van der Waals surface area (Å²) < 4.78 is 18.4. The highest BCUT2D eigenvalue weighted by Gasteiger charge is 2.37. The second-order valence-electron chi connectivity index (χ2n) is 8.04. The number of halogens is 1. The summed E-state index contributed by atoms with van der Waals surface area (Å²) in [6, 6.07) is 14.9. The highest BCUT2D eigenvalue weighted by atomic mass is 19.1. The van der Waals surface area contributed by atoms with Crippen molar-refractivity contribution >= 4 is 12.0 Å². The first-order valence-electron chi connectivity index (χ1n) is 10.8. The van der Waals surface area contributed by atoms with Crippen molar-refractivity contribution in [2.24, 2.45) is 0 Å². The zero-order valence-electron chi connectivity index (χ0n) is 17.6. The number of amides is 2. The number of nitrogens with zero attached hydrogens (tertiary/aromatic N) is 1. The second-order valence-corrected chi connectivity index (χ2v) is 8.04. The van der Waals surface area contributed by atoms with E-state index in [0.717, 1.165) is 44.1 Å². The molecule has 160 valence electrons. The molecule has 0 saturated carbocycles. The Labute approximate surface area is 178 Å². The quantitative estimate of drug-likeness (QED) is 0.478. The number of ether oxygens (including phenoxy) is 1. The van der Waals surface area contributed by atoms with Crippen LogP contribution in [-0.2, 0) is 22.4 Å². The van der Waals surface area contributed by atoms with Crippen molar-refractivity contribution in [3.8, 4) is 0 Å². The molecule has 1 heterocycles. The number of cyclic esters (lactones) is 1. The standard InChI is InChI=1S/C25H30FNO3/c1-19-16-21(14-15-23(19)26)12-6-3-2-4-9-13-24(28)27-22(18-30-25(27)29)17-20-10-7-5-8-11-20/h5,7-8,10-11,14-16,22H,2-4,6,9,12-13,17-18H2,1H3. The van der Waals surface area contributed by atoms with E-state index in [1.54, 1.807) is 6.92 Å². The Morgan fingerprint density at radius 1 is 1.03 bits per heavy atom. The minimum Gasteiger partial charge on any atom is -0.447 e. The molecule has 0 bridgehead atoms. The Morgan fingerprint density at radius 3 is 2.53 bits per heavy atom. The predicted octanol–water partition coefficient (Wildman–Crippen LogP) is 5.61. The summed E-state index contributed by atoms with van der Waals surface area (Å²) in [6.07, 6.45) is 6.33. The van der Waals surface area contributed by atoms with E-state index in [0.29, 0.717) is 18.4 Å². The molecule has 1 unspecified atom stereocenters. The average Bonchev–Trinajstić information content (AvgIpc) is 3.10. The van der Waals surface area contributed by atoms with Crippen LogP contribution in [0.4, 0.5) is 9.18 Å². The Bertz CT molecular complexity index is 853. The first kappa shape index (κ1) is 22.0. The van der Waals surface area contributed by atoms with Gasteiger partial charge >= 0.3 is 6.09 Å². The van der Waals surface area contributed by atoms with Crippen molar-refractivity contribution in [2.45, 2.75) is 64.3 Å². The van der Waals surface area contributed by atoms with E-state index in [4.69, 9.17) is 4.74 Å². The molecule has 0 radical (unpaired) electrons. The molecule has 4 nitrogen and oxygen atoms in total. The lowest BCUT2D eigenvalue weighted by atomic mass is 10.0. The number of carbonyl (C=O) groups is 2. The van der Waals surface area contributed by atoms with Crippen molar-refractivity contribution < 1.29 is 18.7 Å². The Morgan fingerprint density at radius 2 is 1.77 bits per heavy atom. The maximum Gasteiger partial charge on any atom is 0.416 e. The molecule has 0 aliphatic carbocycles. The van der Waals surface area contributed by atoms with Gasteiger partial charge in [0, 0.05) is 6.42 Å². The topological polar surface area (TPSA) is 46.6 Å². The van der Waals surface area contributed by atoms with Gasteiger partial charge in [-0.25, -0.2) is 14.1 Å². The lowest BCUT2D eigenvalue weighted by Crippen LogP contribution is -2.40. The van der Waals surface area contributed by atoms with Gasteiger partial charge < -0.3 is 4.74 Å². The van der Waals surface area contributed by atoms with E-state index in [1.807, 2.05) is 42.5 Å². The van der Waals surface area contributed by atoms with Crippen molar-refractivity contribution in [2.75, 3.05) is 6.61 Å². The molecule has 0 spiro atoms. The fraction of sp³-hybridized carbons (Fsp3) is 0.440. The van der Waals surface area contributed by atoms with Crippen molar-refractivity contribution in [1.82, 2.24) is 4.90 Å². The smallest absolute Gasteiger partial charge is 0.416 e. The van der Waals surface area contributed by atoms with Crippen LogP contribution >= 0.6 is 0 Å². The maximum atomic E-state index is 13.3. The first-order chi connectivity index (χ1) is 14.5. The summed E-state index contributed by atoms with van der Waals surface area (Å²) in [5.74, 6) is -0.295. The summed E-state index contributed by atoms with van der Waals surface area (Å²) in [6.45, 7) is 2.05. The van der Waals surface area contributed by atoms with Crippen LogP contribution in [0.5, 0.6) is 0 Å². The SMILES string of the molecule is Cc1cc(CCCCCCCC(=O)N2C(=O)OCC2Cc2ccccc2)ccc1F. The molecule has 1 saturated heterocycles. The molecular weight excluding hydrogens is 381 g/mol. The van der Waals surface area contributed by atoms with Crippen LogP contribution < -0.4 is 0 Å². The number of rotatable bonds is 10. The van der Waals surface area contributed by atoms with Crippen molar-refractivity contribution in [3.63, 3.8) is 0 Å². The average molecular weight is 412 g/mol. The molecule has 2 aromatic carbocycles. The van der Waals surface area contributed by atoms with E-state index >= 15 is 0 Å². The molecule has 3 rings (SSSR count). The molecule has 2 aromatic rings. The van der Waals surface area contributed by atoms with Crippen LogP contribution in [0.3, 0.4) is 0 Å². The monoisotopic (exact) mass is 411 g/mol. The van der Waals surface area contributed by atoms with Crippen LogP contribution in [0.1, 0.15) is 55.2 Å². The van der Waals surface area contributed by atoms with Gasteiger partial charge in [0.25, 0.3) is 0 Å².